The SMILES string of the molecule is C[C@](C#N)(CO)Cc1ccccc1. The van der Waals surface area contributed by atoms with E-state index in [4.69, 9.17) is 10.4 Å². The van der Waals surface area contributed by atoms with E-state index in [-0.39, 0.29) is 6.61 Å². The largest absolute Gasteiger partial charge is 0.395 e. The first-order valence-electron chi connectivity index (χ1n) is 4.26. The van der Waals surface area contributed by atoms with E-state index in [1.54, 1.807) is 6.92 Å². The standard InChI is InChI=1S/C11H13NO/c1-11(8-12,9-13)7-10-5-3-2-4-6-10/h2-6,13H,7,9H2,1H3/t11-/m0/s1. The molecule has 1 aromatic carbocycles. The van der Waals surface area contributed by atoms with Crippen molar-refractivity contribution in [2.75, 3.05) is 6.61 Å². The van der Waals surface area contributed by atoms with E-state index in [2.05, 4.69) is 6.07 Å². The van der Waals surface area contributed by atoms with Crippen molar-refractivity contribution in [1.29, 1.82) is 5.26 Å². The topological polar surface area (TPSA) is 44.0 Å². The van der Waals surface area contributed by atoms with Crippen molar-refractivity contribution in [1.82, 2.24) is 0 Å². The van der Waals surface area contributed by atoms with Gasteiger partial charge in [-0.1, -0.05) is 30.3 Å². The van der Waals surface area contributed by atoms with Gasteiger partial charge in [0, 0.05) is 0 Å². The molecular weight excluding hydrogens is 162 g/mol. The molecule has 68 valence electrons. The number of benzene rings is 1. The molecular formula is C11H13NO. The fourth-order valence-electron chi connectivity index (χ4n) is 1.18. The molecule has 0 radical (unpaired) electrons. The van der Waals surface area contributed by atoms with Crippen molar-refractivity contribution in [3.8, 4) is 6.07 Å². The summed E-state index contributed by atoms with van der Waals surface area (Å²) in [7, 11) is 0. The average Bonchev–Trinajstić information content (AvgIpc) is 2.19. The highest BCUT2D eigenvalue weighted by atomic mass is 16.3. The van der Waals surface area contributed by atoms with Gasteiger partial charge >= 0.3 is 0 Å². The zero-order valence-electron chi connectivity index (χ0n) is 7.70. The second-order valence-electron chi connectivity index (χ2n) is 3.49. The first kappa shape index (κ1) is 9.76. The van der Waals surface area contributed by atoms with Gasteiger partial charge < -0.3 is 5.11 Å². The Hall–Kier alpha value is -1.33. The summed E-state index contributed by atoms with van der Waals surface area (Å²) in [4.78, 5) is 0. The van der Waals surface area contributed by atoms with Gasteiger partial charge in [0.2, 0.25) is 0 Å². The number of hydrogen-bond donors (Lipinski definition) is 1. The van der Waals surface area contributed by atoms with Crippen molar-refractivity contribution in [2.24, 2.45) is 5.41 Å². The third-order valence-electron chi connectivity index (χ3n) is 2.06. The molecule has 1 aromatic rings. The maximum Gasteiger partial charge on any atom is 0.0816 e. The zero-order valence-corrected chi connectivity index (χ0v) is 7.70. The minimum atomic E-state index is -0.651. The van der Waals surface area contributed by atoms with Gasteiger partial charge in [0.05, 0.1) is 18.1 Å². The molecule has 13 heavy (non-hydrogen) atoms. The minimum Gasteiger partial charge on any atom is -0.395 e. The van der Waals surface area contributed by atoms with Crippen LogP contribution in [-0.4, -0.2) is 11.7 Å². The van der Waals surface area contributed by atoms with Crippen LogP contribution in [-0.2, 0) is 6.42 Å². The van der Waals surface area contributed by atoms with Crippen LogP contribution in [0, 0.1) is 16.7 Å². The molecule has 0 heterocycles. The van der Waals surface area contributed by atoms with E-state index in [1.807, 2.05) is 30.3 Å². The van der Waals surface area contributed by atoms with Crippen LogP contribution >= 0.6 is 0 Å². The number of hydrogen-bond acceptors (Lipinski definition) is 2. The monoisotopic (exact) mass is 175 g/mol. The fraction of sp³-hybridized carbons (Fsp3) is 0.364. The van der Waals surface area contributed by atoms with Crippen LogP contribution in [0.3, 0.4) is 0 Å². The van der Waals surface area contributed by atoms with Gasteiger partial charge in [0.25, 0.3) is 0 Å². The van der Waals surface area contributed by atoms with Gasteiger partial charge in [-0.05, 0) is 18.9 Å². The highest BCUT2D eigenvalue weighted by molar-refractivity contribution is 5.18. The predicted molar refractivity (Wildman–Crippen MR) is 51.0 cm³/mol. The molecule has 0 aromatic heterocycles. The van der Waals surface area contributed by atoms with Gasteiger partial charge in [-0.15, -0.1) is 0 Å². The number of aliphatic hydroxyl groups excluding tert-OH is 1. The third-order valence-corrected chi connectivity index (χ3v) is 2.06. The van der Waals surface area contributed by atoms with Crippen molar-refractivity contribution < 1.29 is 5.11 Å². The van der Waals surface area contributed by atoms with Gasteiger partial charge in [0.1, 0.15) is 0 Å². The quantitative estimate of drug-likeness (QED) is 0.760. The summed E-state index contributed by atoms with van der Waals surface area (Å²) in [6, 6.07) is 11.9. The molecule has 1 atom stereocenters. The Kier molecular flexibility index (Phi) is 3.05. The van der Waals surface area contributed by atoms with Crippen molar-refractivity contribution in [3.05, 3.63) is 35.9 Å². The lowest BCUT2D eigenvalue weighted by Gasteiger charge is -2.17. The second kappa shape index (κ2) is 4.06. The molecule has 0 aliphatic carbocycles. The lowest BCUT2D eigenvalue weighted by atomic mass is 9.86. The van der Waals surface area contributed by atoms with Crippen molar-refractivity contribution in [3.63, 3.8) is 0 Å². The number of nitriles is 1. The van der Waals surface area contributed by atoms with Gasteiger partial charge in [-0.25, -0.2) is 0 Å². The summed E-state index contributed by atoms with van der Waals surface area (Å²) >= 11 is 0. The van der Waals surface area contributed by atoms with E-state index >= 15 is 0 Å². The van der Waals surface area contributed by atoms with Gasteiger partial charge in [-0.3, -0.25) is 0 Å². The van der Waals surface area contributed by atoms with Gasteiger partial charge in [-0.2, -0.15) is 5.26 Å². The predicted octanol–water partition coefficient (Wildman–Crippen LogP) is 1.75. The summed E-state index contributed by atoms with van der Waals surface area (Å²) in [6.07, 6.45) is 0.598. The Morgan fingerprint density at radius 3 is 2.46 bits per heavy atom. The summed E-state index contributed by atoms with van der Waals surface area (Å²) in [5.74, 6) is 0. The Morgan fingerprint density at radius 1 is 1.38 bits per heavy atom. The van der Waals surface area contributed by atoms with Crippen LogP contribution in [0.15, 0.2) is 30.3 Å². The number of aliphatic hydroxyl groups is 1. The highest BCUT2D eigenvalue weighted by Crippen LogP contribution is 2.20. The molecule has 0 aliphatic heterocycles. The second-order valence-corrected chi connectivity index (χ2v) is 3.49. The van der Waals surface area contributed by atoms with E-state index < -0.39 is 5.41 Å². The minimum absolute atomic E-state index is 0.0988. The number of rotatable bonds is 3. The Balaban J connectivity index is 2.75. The molecule has 0 unspecified atom stereocenters. The highest BCUT2D eigenvalue weighted by Gasteiger charge is 2.22. The number of nitrogens with zero attached hydrogens (tertiary/aromatic N) is 1. The molecule has 0 amide bonds. The van der Waals surface area contributed by atoms with Crippen LogP contribution in [0.2, 0.25) is 0 Å². The molecule has 0 spiro atoms. The zero-order chi connectivity index (χ0) is 9.73. The molecule has 1 N–H and O–H groups in total. The van der Waals surface area contributed by atoms with E-state index in [1.165, 1.54) is 0 Å². The van der Waals surface area contributed by atoms with E-state index in [0.29, 0.717) is 6.42 Å². The van der Waals surface area contributed by atoms with Crippen LogP contribution in [0.4, 0.5) is 0 Å². The molecule has 1 rings (SSSR count). The smallest absolute Gasteiger partial charge is 0.0816 e. The van der Waals surface area contributed by atoms with Crippen LogP contribution in [0.25, 0.3) is 0 Å². The van der Waals surface area contributed by atoms with E-state index in [0.717, 1.165) is 5.56 Å². The summed E-state index contributed by atoms with van der Waals surface area (Å²) in [5, 5.41) is 17.9. The molecule has 0 saturated heterocycles. The summed E-state index contributed by atoms with van der Waals surface area (Å²) in [5.41, 5.74) is 0.432. The lowest BCUT2D eigenvalue weighted by molar-refractivity contribution is 0.190. The normalized spacial score (nSPS) is 14.5. The van der Waals surface area contributed by atoms with Gasteiger partial charge in [0.15, 0.2) is 0 Å². The van der Waals surface area contributed by atoms with Crippen LogP contribution < -0.4 is 0 Å². The average molecular weight is 175 g/mol. The summed E-state index contributed by atoms with van der Waals surface area (Å²) in [6.45, 7) is 1.67. The maximum absolute atomic E-state index is 9.02. The molecule has 0 saturated carbocycles. The Labute approximate surface area is 78.4 Å². The maximum atomic E-state index is 9.02. The lowest BCUT2D eigenvalue weighted by Crippen LogP contribution is -2.21. The molecule has 2 nitrogen and oxygen atoms in total. The third kappa shape index (κ3) is 2.57. The Morgan fingerprint density at radius 2 is 2.00 bits per heavy atom. The van der Waals surface area contributed by atoms with Crippen molar-refractivity contribution in [2.45, 2.75) is 13.3 Å². The molecule has 2 heteroatoms. The molecule has 0 aliphatic rings. The fourth-order valence-corrected chi connectivity index (χ4v) is 1.18. The van der Waals surface area contributed by atoms with E-state index in [9.17, 15) is 0 Å². The Bertz CT molecular complexity index is 302. The molecule has 0 bridgehead atoms. The van der Waals surface area contributed by atoms with Crippen molar-refractivity contribution >= 4 is 0 Å². The van der Waals surface area contributed by atoms with Crippen LogP contribution in [0.1, 0.15) is 12.5 Å². The first-order valence-corrected chi connectivity index (χ1v) is 4.26. The first-order chi connectivity index (χ1) is 6.20. The summed E-state index contributed by atoms with van der Waals surface area (Å²) < 4.78 is 0. The molecule has 0 fully saturated rings. The van der Waals surface area contributed by atoms with Crippen LogP contribution in [0.5, 0.6) is 0 Å².